The van der Waals surface area contributed by atoms with Crippen LogP contribution in [0.15, 0.2) is 53.6 Å². The highest BCUT2D eigenvalue weighted by Gasteiger charge is 2.25. The molecule has 0 saturated heterocycles. The topological polar surface area (TPSA) is 97.4 Å². The third-order valence-electron chi connectivity index (χ3n) is 3.49. The fourth-order valence-corrected chi connectivity index (χ4v) is 3.86. The van der Waals surface area contributed by atoms with Crippen LogP contribution in [-0.2, 0) is 14.8 Å². The molecule has 0 radical (unpaired) electrons. The minimum absolute atomic E-state index is 0.119. The van der Waals surface area contributed by atoms with Crippen LogP contribution in [0.1, 0.15) is 6.42 Å². The van der Waals surface area contributed by atoms with Gasteiger partial charge in [0.25, 0.3) is 0 Å². The summed E-state index contributed by atoms with van der Waals surface area (Å²) >= 11 is 1.54. The quantitative estimate of drug-likeness (QED) is 0.675. The molecule has 0 spiro atoms. The number of amides is 1. The Morgan fingerprint density at radius 1 is 1.23 bits per heavy atom. The first kappa shape index (κ1) is 20.2. The molecule has 0 aliphatic carbocycles. The zero-order valence-corrected chi connectivity index (χ0v) is 16.1. The van der Waals surface area contributed by atoms with Gasteiger partial charge in [0, 0.05) is 6.07 Å². The van der Waals surface area contributed by atoms with Gasteiger partial charge in [0.05, 0.1) is 23.9 Å². The maximum Gasteiger partial charge on any atom is 0.242 e. The molecule has 2 rings (SSSR count). The van der Waals surface area contributed by atoms with Crippen molar-refractivity contribution < 1.29 is 17.9 Å². The van der Waals surface area contributed by atoms with Crippen LogP contribution in [-0.4, -0.2) is 44.5 Å². The van der Waals surface area contributed by atoms with Gasteiger partial charge in [-0.3, -0.25) is 4.79 Å². The van der Waals surface area contributed by atoms with E-state index in [9.17, 15) is 13.2 Å². The summed E-state index contributed by atoms with van der Waals surface area (Å²) in [5.74, 6) is 0.619. The maximum atomic E-state index is 12.6. The van der Waals surface area contributed by atoms with Gasteiger partial charge in [0.2, 0.25) is 21.8 Å². The Hall–Kier alpha value is -2.10. The number of pyridine rings is 1. The third kappa shape index (κ3) is 5.72. The number of carbonyl (C=O) groups is 1. The van der Waals surface area contributed by atoms with Gasteiger partial charge in [-0.25, -0.2) is 13.4 Å². The van der Waals surface area contributed by atoms with E-state index < -0.39 is 22.0 Å². The van der Waals surface area contributed by atoms with Crippen LogP contribution in [0.5, 0.6) is 5.88 Å². The van der Waals surface area contributed by atoms with Crippen molar-refractivity contribution in [2.45, 2.75) is 17.4 Å². The molecule has 0 aliphatic rings. The zero-order chi connectivity index (χ0) is 19.0. The lowest BCUT2D eigenvalue weighted by Gasteiger charge is -2.18. The number of nitrogens with zero attached hydrogens (tertiary/aromatic N) is 1. The van der Waals surface area contributed by atoms with E-state index in [1.165, 1.54) is 37.2 Å². The summed E-state index contributed by atoms with van der Waals surface area (Å²) in [4.78, 5) is 16.7. The number of aromatic nitrogens is 1. The average Bonchev–Trinajstić information content (AvgIpc) is 2.66. The van der Waals surface area contributed by atoms with Crippen LogP contribution in [0.3, 0.4) is 0 Å². The molecule has 140 valence electrons. The van der Waals surface area contributed by atoms with Crippen LogP contribution < -0.4 is 14.8 Å². The standard InChI is InChI=1S/C17H21N3O4S2/c1-24-16-9-8-13(12-18-16)19-17(21)15(10-11-25-2)20-26(22,23)14-6-4-3-5-7-14/h3-9,12,15,20H,10-11H2,1-2H3,(H,19,21). The Balaban J connectivity index is 2.13. The van der Waals surface area contributed by atoms with Crippen molar-refractivity contribution >= 4 is 33.4 Å². The first-order valence-electron chi connectivity index (χ1n) is 7.83. The highest BCUT2D eigenvalue weighted by Crippen LogP contribution is 2.14. The Bertz CT molecular complexity index is 812. The maximum absolute atomic E-state index is 12.6. The molecule has 1 atom stereocenters. The van der Waals surface area contributed by atoms with Crippen LogP contribution in [0.2, 0.25) is 0 Å². The zero-order valence-electron chi connectivity index (χ0n) is 14.5. The van der Waals surface area contributed by atoms with Gasteiger partial charge in [-0.2, -0.15) is 16.5 Å². The molecule has 0 fully saturated rings. The van der Waals surface area contributed by atoms with Crippen molar-refractivity contribution in [1.82, 2.24) is 9.71 Å². The molecule has 2 aromatic rings. The molecule has 1 heterocycles. The van der Waals surface area contributed by atoms with Crippen molar-refractivity contribution in [3.05, 3.63) is 48.7 Å². The van der Waals surface area contributed by atoms with Gasteiger partial charge in [-0.1, -0.05) is 18.2 Å². The van der Waals surface area contributed by atoms with Crippen molar-refractivity contribution in [2.75, 3.05) is 24.4 Å². The SMILES string of the molecule is COc1ccc(NC(=O)C(CCSC)NS(=O)(=O)c2ccccc2)cn1. The Labute approximate surface area is 157 Å². The lowest BCUT2D eigenvalue weighted by molar-refractivity contribution is -0.117. The van der Waals surface area contributed by atoms with E-state index in [1.54, 1.807) is 30.3 Å². The normalized spacial score (nSPS) is 12.4. The summed E-state index contributed by atoms with van der Waals surface area (Å²) in [5, 5.41) is 2.68. The molecule has 7 nitrogen and oxygen atoms in total. The van der Waals surface area contributed by atoms with E-state index in [4.69, 9.17) is 4.74 Å². The molecule has 1 aromatic carbocycles. The Morgan fingerprint density at radius 2 is 1.96 bits per heavy atom. The molecule has 1 aromatic heterocycles. The number of hydrogen-bond acceptors (Lipinski definition) is 6. The minimum Gasteiger partial charge on any atom is -0.481 e. The van der Waals surface area contributed by atoms with Gasteiger partial charge in [0.1, 0.15) is 6.04 Å². The van der Waals surface area contributed by atoms with Crippen molar-refractivity contribution in [3.63, 3.8) is 0 Å². The summed E-state index contributed by atoms with van der Waals surface area (Å²) in [6.07, 6.45) is 3.71. The number of thioether (sulfide) groups is 1. The minimum atomic E-state index is -3.79. The number of rotatable bonds is 9. The highest BCUT2D eigenvalue weighted by molar-refractivity contribution is 7.98. The molecule has 9 heteroatoms. The van der Waals surface area contributed by atoms with Gasteiger partial charge in [-0.05, 0) is 36.6 Å². The number of anilines is 1. The predicted molar refractivity (Wildman–Crippen MR) is 103 cm³/mol. The van der Waals surface area contributed by atoms with E-state index >= 15 is 0 Å². The van der Waals surface area contributed by atoms with Gasteiger partial charge >= 0.3 is 0 Å². The van der Waals surface area contributed by atoms with Crippen molar-refractivity contribution in [3.8, 4) is 5.88 Å². The first-order chi connectivity index (χ1) is 12.5. The highest BCUT2D eigenvalue weighted by atomic mass is 32.2. The summed E-state index contributed by atoms with van der Waals surface area (Å²) < 4.78 is 32.5. The van der Waals surface area contributed by atoms with E-state index in [2.05, 4.69) is 15.0 Å². The number of ether oxygens (including phenoxy) is 1. The lowest BCUT2D eigenvalue weighted by Crippen LogP contribution is -2.44. The fourth-order valence-electron chi connectivity index (χ4n) is 2.14. The average molecular weight is 396 g/mol. The summed E-state index contributed by atoms with van der Waals surface area (Å²) in [6, 6.07) is 10.3. The second kappa shape index (κ2) is 9.56. The number of carbonyl (C=O) groups excluding carboxylic acids is 1. The summed E-state index contributed by atoms with van der Waals surface area (Å²) in [5.41, 5.74) is 0.462. The summed E-state index contributed by atoms with van der Waals surface area (Å²) in [6.45, 7) is 0. The van der Waals surface area contributed by atoms with E-state index in [0.29, 0.717) is 23.7 Å². The van der Waals surface area contributed by atoms with Gasteiger partial charge in [-0.15, -0.1) is 0 Å². The van der Waals surface area contributed by atoms with Crippen LogP contribution in [0.4, 0.5) is 5.69 Å². The first-order valence-corrected chi connectivity index (χ1v) is 10.7. The third-order valence-corrected chi connectivity index (χ3v) is 5.62. The van der Waals surface area contributed by atoms with E-state index in [0.717, 1.165) is 0 Å². The molecule has 1 amide bonds. The number of benzene rings is 1. The van der Waals surface area contributed by atoms with Crippen molar-refractivity contribution in [2.24, 2.45) is 0 Å². The Kier molecular flexibility index (Phi) is 7.43. The van der Waals surface area contributed by atoms with Crippen LogP contribution >= 0.6 is 11.8 Å². The van der Waals surface area contributed by atoms with E-state index in [-0.39, 0.29) is 4.90 Å². The molecule has 2 N–H and O–H groups in total. The fraction of sp³-hybridized carbons (Fsp3) is 0.294. The summed E-state index contributed by atoms with van der Waals surface area (Å²) in [7, 11) is -2.30. The van der Waals surface area contributed by atoms with Gasteiger partial charge in [0.15, 0.2) is 0 Å². The monoisotopic (exact) mass is 395 g/mol. The molecule has 26 heavy (non-hydrogen) atoms. The predicted octanol–water partition coefficient (Wildman–Crippen LogP) is 2.13. The van der Waals surface area contributed by atoms with Gasteiger partial charge < -0.3 is 10.1 Å². The molecule has 0 bridgehead atoms. The van der Waals surface area contributed by atoms with Crippen LogP contribution in [0, 0.1) is 0 Å². The molecule has 0 saturated carbocycles. The second-order valence-electron chi connectivity index (χ2n) is 5.35. The lowest BCUT2D eigenvalue weighted by atomic mass is 10.2. The molecular weight excluding hydrogens is 374 g/mol. The molecule has 1 unspecified atom stereocenters. The number of nitrogens with one attached hydrogen (secondary N) is 2. The largest absolute Gasteiger partial charge is 0.481 e. The number of sulfonamides is 1. The number of methoxy groups -OCH3 is 1. The number of hydrogen-bond donors (Lipinski definition) is 2. The smallest absolute Gasteiger partial charge is 0.242 e. The second-order valence-corrected chi connectivity index (χ2v) is 8.05. The molecular formula is C17H21N3O4S2. The Morgan fingerprint density at radius 3 is 2.54 bits per heavy atom. The van der Waals surface area contributed by atoms with Crippen LogP contribution in [0.25, 0.3) is 0 Å². The van der Waals surface area contributed by atoms with Crippen molar-refractivity contribution in [1.29, 1.82) is 0 Å². The molecule has 0 aliphatic heterocycles. The van der Waals surface area contributed by atoms with E-state index in [1.807, 2.05) is 6.26 Å².